The number of fused-ring (bicyclic) bond motifs is 3. The van der Waals surface area contributed by atoms with Crippen molar-refractivity contribution >= 4 is 39.3 Å². The SMILES string of the molecule is CSc1nc(Cl)c2c(n1)CC1(OC2)c2ccccc2CC1Br. The topological polar surface area (TPSA) is 35.0 Å². The van der Waals surface area contributed by atoms with Crippen LogP contribution in [0.2, 0.25) is 5.15 Å². The molecule has 2 heterocycles. The largest absolute Gasteiger partial charge is 0.364 e. The number of benzene rings is 1. The van der Waals surface area contributed by atoms with E-state index in [0.717, 1.165) is 29.3 Å². The minimum Gasteiger partial charge on any atom is -0.364 e. The molecule has 1 aliphatic heterocycles. The van der Waals surface area contributed by atoms with Gasteiger partial charge in [-0.05, 0) is 23.8 Å². The van der Waals surface area contributed by atoms with Crippen LogP contribution in [0, 0.1) is 0 Å². The first-order valence-corrected chi connectivity index (χ1v) is 9.61. The number of thioether (sulfide) groups is 1. The van der Waals surface area contributed by atoms with E-state index in [-0.39, 0.29) is 10.4 Å². The molecule has 1 spiro atoms. The predicted molar refractivity (Wildman–Crippen MR) is 91.9 cm³/mol. The van der Waals surface area contributed by atoms with Crippen LogP contribution in [-0.4, -0.2) is 21.1 Å². The lowest BCUT2D eigenvalue weighted by Gasteiger charge is -2.38. The van der Waals surface area contributed by atoms with Crippen molar-refractivity contribution in [2.75, 3.05) is 6.26 Å². The van der Waals surface area contributed by atoms with Gasteiger partial charge < -0.3 is 4.74 Å². The van der Waals surface area contributed by atoms with Crippen molar-refractivity contribution in [3.63, 3.8) is 0 Å². The van der Waals surface area contributed by atoms with E-state index < -0.39 is 0 Å². The molecule has 0 radical (unpaired) electrons. The Balaban J connectivity index is 1.83. The van der Waals surface area contributed by atoms with Crippen molar-refractivity contribution < 1.29 is 4.74 Å². The number of alkyl halides is 1. The highest BCUT2D eigenvalue weighted by Gasteiger charge is 2.49. The molecule has 0 saturated heterocycles. The molecule has 0 saturated carbocycles. The molecular weight excluding hydrogens is 384 g/mol. The highest BCUT2D eigenvalue weighted by atomic mass is 79.9. The maximum Gasteiger partial charge on any atom is 0.188 e. The lowest BCUT2D eigenvalue weighted by Crippen LogP contribution is -2.41. The Labute approximate surface area is 147 Å². The Kier molecular flexibility index (Phi) is 3.72. The van der Waals surface area contributed by atoms with E-state index in [1.807, 2.05) is 6.26 Å². The summed E-state index contributed by atoms with van der Waals surface area (Å²) in [5.74, 6) is 0. The molecule has 2 aliphatic rings. The van der Waals surface area contributed by atoms with Crippen LogP contribution in [0.4, 0.5) is 0 Å². The summed E-state index contributed by atoms with van der Waals surface area (Å²) in [7, 11) is 0. The van der Waals surface area contributed by atoms with Gasteiger partial charge in [-0.15, -0.1) is 0 Å². The van der Waals surface area contributed by atoms with Crippen LogP contribution in [0.1, 0.15) is 22.4 Å². The van der Waals surface area contributed by atoms with Crippen LogP contribution in [0.3, 0.4) is 0 Å². The first-order valence-electron chi connectivity index (χ1n) is 7.10. The van der Waals surface area contributed by atoms with Crippen LogP contribution >= 0.6 is 39.3 Å². The van der Waals surface area contributed by atoms with Gasteiger partial charge >= 0.3 is 0 Å². The number of nitrogens with zero attached hydrogens (tertiary/aromatic N) is 2. The smallest absolute Gasteiger partial charge is 0.188 e. The molecule has 3 nitrogen and oxygen atoms in total. The molecule has 0 N–H and O–H groups in total. The van der Waals surface area contributed by atoms with E-state index >= 15 is 0 Å². The highest BCUT2D eigenvalue weighted by molar-refractivity contribution is 9.09. The average Bonchev–Trinajstić information content (AvgIpc) is 2.79. The summed E-state index contributed by atoms with van der Waals surface area (Å²) in [6.07, 6.45) is 3.66. The minimum atomic E-state index is -0.350. The molecule has 4 rings (SSSR count). The molecule has 1 aliphatic carbocycles. The third-order valence-corrected chi connectivity index (χ3v) is 6.41. The number of rotatable bonds is 1. The molecule has 114 valence electrons. The van der Waals surface area contributed by atoms with E-state index in [2.05, 4.69) is 50.2 Å². The summed E-state index contributed by atoms with van der Waals surface area (Å²) in [6.45, 7) is 0.458. The zero-order valence-corrected chi connectivity index (χ0v) is 15.1. The molecule has 2 aromatic rings. The summed E-state index contributed by atoms with van der Waals surface area (Å²) in [5.41, 5.74) is 4.20. The lowest BCUT2D eigenvalue weighted by atomic mass is 9.87. The van der Waals surface area contributed by atoms with Gasteiger partial charge in [0.1, 0.15) is 10.8 Å². The van der Waals surface area contributed by atoms with Crippen molar-refractivity contribution in [3.8, 4) is 0 Å². The number of halogens is 2. The molecule has 0 bridgehead atoms. The van der Waals surface area contributed by atoms with Crippen LogP contribution in [0.15, 0.2) is 29.4 Å². The summed E-state index contributed by atoms with van der Waals surface area (Å²) in [6, 6.07) is 8.50. The van der Waals surface area contributed by atoms with Crippen molar-refractivity contribution in [3.05, 3.63) is 51.8 Å². The summed E-state index contributed by atoms with van der Waals surface area (Å²) in [5, 5.41) is 1.24. The fourth-order valence-corrected chi connectivity index (χ4v) is 4.94. The Morgan fingerprint density at radius 3 is 3.00 bits per heavy atom. The molecule has 1 aromatic heterocycles. The van der Waals surface area contributed by atoms with Crippen molar-refractivity contribution in [1.29, 1.82) is 0 Å². The van der Waals surface area contributed by atoms with E-state index in [4.69, 9.17) is 16.3 Å². The van der Waals surface area contributed by atoms with Crippen LogP contribution < -0.4 is 0 Å². The Morgan fingerprint density at radius 2 is 2.18 bits per heavy atom. The van der Waals surface area contributed by atoms with Gasteiger partial charge in [-0.25, -0.2) is 9.97 Å². The van der Waals surface area contributed by atoms with Crippen molar-refractivity contribution in [2.45, 2.75) is 35.0 Å². The molecule has 2 unspecified atom stereocenters. The van der Waals surface area contributed by atoms with E-state index in [1.165, 1.54) is 22.9 Å². The lowest BCUT2D eigenvalue weighted by molar-refractivity contribution is -0.0677. The average molecular weight is 398 g/mol. The predicted octanol–water partition coefficient (Wildman–Crippen LogP) is 4.14. The van der Waals surface area contributed by atoms with Gasteiger partial charge in [-0.1, -0.05) is 63.6 Å². The van der Waals surface area contributed by atoms with Gasteiger partial charge in [0, 0.05) is 12.0 Å². The molecule has 0 fully saturated rings. The molecule has 22 heavy (non-hydrogen) atoms. The van der Waals surface area contributed by atoms with Gasteiger partial charge in [-0.2, -0.15) is 0 Å². The molecule has 1 aromatic carbocycles. The number of ether oxygens (including phenoxy) is 1. The third kappa shape index (κ3) is 2.13. The van der Waals surface area contributed by atoms with Crippen LogP contribution in [0.25, 0.3) is 0 Å². The maximum atomic E-state index is 6.33. The molecule has 0 amide bonds. The number of hydrogen-bond donors (Lipinski definition) is 0. The Bertz CT molecular complexity index is 757. The van der Waals surface area contributed by atoms with Crippen molar-refractivity contribution in [1.82, 2.24) is 9.97 Å². The van der Waals surface area contributed by atoms with E-state index in [1.54, 1.807) is 0 Å². The van der Waals surface area contributed by atoms with E-state index in [9.17, 15) is 0 Å². The van der Waals surface area contributed by atoms with Gasteiger partial charge in [-0.3, -0.25) is 0 Å². The van der Waals surface area contributed by atoms with Gasteiger partial charge in [0.05, 0.1) is 17.1 Å². The third-order valence-electron chi connectivity index (χ3n) is 4.49. The second-order valence-electron chi connectivity index (χ2n) is 5.61. The summed E-state index contributed by atoms with van der Waals surface area (Å²) < 4.78 is 6.33. The first-order chi connectivity index (χ1) is 10.6. The quantitative estimate of drug-likeness (QED) is 0.313. The number of aromatic nitrogens is 2. The second kappa shape index (κ2) is 5.48. The van der Waals surface area contributed by atoms with Gasteiger partial charge in [0.15, 0.2) is 5.16 Å². The molecular formula is C16H14BrClN2OS. The standard InChI is InChI=1S/C16H14BrClN2OS/c1-22-15-19-12-7-16(21-8-10(12)14(18)20-15)11-5-3-2-4-9(11)6-13(16)17/h2-5,13H,6-8H2,1H3. The van der Waals surface area contributed by atoms with Gasteiger partial charge in [0.25, 0.3) is 0 Å². The maximum absolute atomic E-state index is 6.33. The van der Waals surface area contributed by atoms with Gasteiger partial charge in [0.2, 0.25) is 0 Å². The zero-order valence-electron chi connectivity index (χ0n) is 12.0. The summed E-state index contributed by atoms with van der Waals surface area (Å²) in [4.78, 5) is 9.24. The second-order valence-corrected chi connectivity index (χ2v) is 7.85. The highest BCUT2D eigenvalue weighted by Crippen LogP contribution is 2.49. The monoisotopic (exact) mass is 396 g/mol. The van der Waals surface area contributed by atoms with Crippen molar-refractivity contribution in [2.24, 2.45) is 0 Å². The minimum absolute atomic E-state index is 0.247. The zero-order chi connectivity index (χ0) is 15.3. The van der Waals surface area contributed by atoms with E-state index in [0.29, 0.717) is 11.8 Å². The first kappa shape index (κ1) is 14.9. The molecule has 6 heteroatoms. The fraction of sp³-hybridized carbons (Fsp3) is 0.375. The summed E-state index contributed by atoms with van der Waals surface area (Å²) >= 11 is 11.7. The Hall–Kier alpha value is -0.620. The fourth-order valence-electron chi connectivity index (χ4n) is 3.37. The normalized spacial score (nSPS) is 26.0. The van der Waals surface area contributed by atoms with Crippen LogP contribution in [-0.2, 0) is 29.8 Å². The Morgan fingerprint density at radius 1 is 1.36 bits per heavy atom. The van der Waals surface area contributed by atoms with Crippen LogP contribution in [0.5, 0.6) is 0 Å². The number of hydrogen-bond acceptors (Lipinski definition) is 4. The molecule has 2 atom stereocenters.